The molecule has 2 fully saturated rings. The summed E-state index contributed by atoms with van der Waals surface area (Å²) in [5.41, 5.74) is 4.63. The largest absolute Gasteiger partial charge is 0.352 e. The van der Waals surface area contributed by atoms with Crippen molar-refractivity contribution in [3.05, 3.63) is 107 Å². The Morgan fingerprint density at radius 3 is 1.98 bits per heavy atom. The van der Waals surface area contributed by atoms with E-state index in [0.717, 1.165) is 67.5 Å². The summed E-state index contributed by atoms with van der Waals surface area (Å²) in [5.74, 6) is 0.840. The Morgan fingerprint density at radius 2 is 1.36 bits per heavy atom. The quantitative estimate of drug-likeness (QED) is 0.250. The van der Waals surface area contributed by atoms with Gasteiger partial charge in [0.25, 0.3) is 0 Å². The number of imidazole rings is 1. The zero-order valence-electron chi connectivity index (χ0n) is 24.7. The number of thiocarbonyl (C=S) groups is 1. The third kappa shape index (κ3) is 6.32. The number of fused-ring (bicyclic) bond motifs is 1. The number of para-hydroxylation sites is 2. The number of rotatable bonds is 8. The van der Waals surface area contributed by atoms with Gasteiger partial charge >= 0.3 is 5.69 Å². The van der Waals surface area contributed by atoms with E-state index in [4.69, 9.17) is 12.2 Å². The van der Waals surface area contributed by atoms with Gasteiger partial charge in [0.1, 0.15) is 0 Å². The maximum Gasteiger partial charge on any atom is 0.329 e. The van der Waals surface area contributed by atoms with Crippen LogP contribution in [0.25, 0.3) is 11.0 Å². The molecule has 1 aromatic heterocycles. The van der Waals surface area contributed by atoms with Gasteiger partial charge in [0.2, 0.25) is 0 Å². The third-order valence-corrected chi connectivity index (χ3v) is 9.63. The Balaban J connectivity index is 1.12. The minimum Gasteiger partial charge on any atom is -0.352 e. The van der Waals surface area contributed by atoms with E-state index >= 15 is 0 Å². The predicted molar refractivity (Wildman–Crippen MR) is 176 cm³/mol. The van der Waals surface area contributed by atoms with E-state index in [9.17, 15) is 4.79 Å². The summed E-state index contributed by atoms with van der Waals surface area (Å²) in [6.45, 7) is 8.21. The maximum absolute atomic E-state index is 13.8. The van der Waals surface area contributed by atoms with E-state index in [1.807, 2.05) is 16.7 Å². The summed E-state index contributed by atoms with van der Waals surface area (Å²) >= 11 is 5.96. The van der Waals surface area contributed by atoms with Gasteiger partial charge in [-0.15, -0.1) is 0 Å². The molecule has 0 bridgehead atoms. The Bertz CT molecular complexity index is 1480. The highest BCUT2D eigenvalue weighted by atomic mass is 32.1. The Labute approximate surface area is 254 Å². The van der Waals surface area contributed by atoms with Gasteiger partial charge < -0.3 is 15.1 Å². The molecule has 0 saturated carbocycles. The lowest BCUT2D eigenvalue weighted by Gasteiger charge is -2.35. The summed E-state index contributed by atoms with van der Waals surface area (Å²) in [5, 5.41) is 4.42. The zero-order chi connectivity index (χ0) is 28.9. The van der Waals surface area contributed by atoms with Crippen LogP contribution in [0.5, 0.6) is 0 Å². The van der Waals surface area contributed by atoms with Crippen molar-refractivity contribution in [1.29, 1.82) is 0 Å². The highest BCUT2D eigenvalue weighted by Crippen LogP contribution is 2.28. The zero-order valence-corrected chi connectivity index (χ0v) is 25.5. The number of aromatic nitrogens is 2. The van der Waals surface area contributed by atoms with Crippen LogP contribution in [0.3, 0.4) is 0 Å². The smallest absolute Gasteiger partial charge is 0.329 e. The first kappa shape index (κ1) is 28.7. The summed E-state index contributed by atoms with van der Waals surface area (Å²) < 4.78 is 4.09. The average Bonchev–Trinajstić information content (AvgIpc) is 3.32. The van der Waals surface area contributed by atoms with Crippen molar-refractivity contribution in [3.63, 3.8) is 0 Å². The Morgan fingerprint density at radius 1 is 0.786 bits per heavy atom. The van der Waals surface area contributed by atoms with Gasteiger partial charge in [0.05, 0.1) is 17.1 Å². The first-order chi connectivity index (χ1) is 20.6. The lowest BCUT2D eigenvalue weighted by Crippen LogP contribution is -2.46. The summed E-state index contributed by atoms with van der Waals surface area (Å²) in [6, 6.07) is 29.5. The number of nitrogens with one attached hydrogen (secondary N) is 1. The number of piperidine rings is 2. The molecule has 3 aromatic carbocycles. The fraction of sp³-hybridized carbons (Fsp3) is 0.429. The number of nitrogens with zero attached hydrogens (tertiary/aromatic N) is 4. The molecule has 6 rings (SSSR count). The van der Waals surface area contributed by atoms with Crippen LogP contribution in [0.1, 0.15) is 62.2 Å². The van der Waals surface area contributed by atoms with Gasteiger partial charge in [0.15, 0.2) is 5.11 Å². The summed E-state index contributed by atoms with van der Waals surface area (Å²) in [7, 11) is 0. The molecule has 42 heavy (non-hydrogen) atoms. The molecule has 2 aliphatic rings. The molecular weight excluding hydrogens is 538 g/mol. The molecule has 2 aliphatic heterocycles. The molecule has 7 heteroatoms. The highest BCUT2D eigenvalue weighted by Gasteiger charge is 2.27. The van der Waals surface area contributed by atoms with Crippen molar-refractivity contribution in [2.45, 2.75) is 57.7 Å². The topological polar surface area (TPSA) is 45.4 Å². The molecule has 4 aromatic rings. The average molecular weight is 582 g/mol. The second kappa shape index (κ2) is 13.3. The predicted octanol–water partition coefficient (Wildman–Crippen LogP) is 6.23. The molecule has 0 amide bonds. The normalized spacial score (nSPS) is 17.2. The first-order valence-electron chi connectivity index (χ1n) is 15.7. The third-order valence-electron chi connectivity index (χ3n) is 9.25. The molecule has 0 unspecified atom stereocenters. The van der Waals surface area contributed by atoms with Crippen molar-refractivity contribution in [2.24, 2.45) is 5.92 Å². The molecule has 3 heterocycles. The summed E-state index contributed by atoms with van der Waals surface area (Å²) in [6.07, 6.45) is 5.36. The van der Waals surface area contributed by atoms with Gasteiger partial charge in [0, 0.05) is 25.7 Å². The van der Waals surface area contributed by atoms with Gasteiger partial charge in [-0.2, -0.15) is 0 Å². The fourth-order valence-electron chi connectivity index (χ4n) is 6.73. The first-order valence-corrected chi connectivity index (χ1v) is 16.1. The van der Waals surface area contributed by atoms with Gasteiger partial charge in [-0.1, -0.05) is 79.7 Å². The van der Waals surface area contributed by atoms with Crippen LogP contribution in [0.4, 0.5) is 0 Å². The van der Waals surface area contributed by atoms with Gasteiger partial charge in [-0.05, 0) is 93.1 Å². The van der Waals surface area contributed by atoms with E-state index in [-0.39, 0.29) is 17.8 Å². The van der Waals surface area contributed by atoms with Crippen LogP contribution in [0.15, 0.2) is 89.7 Å². The molecule has 0 atom stereocenters. The van der Waals surface area contributed by atoms with Crippen molar-refractivity contribution in [2.75, 3.05) is 32.7 Å². The number of hydrogen-bond acceptors (Lipinski definition) is 3. The maximum atomic E-state index is 13.8. The van der Waals surface area contributed by atoms with Gasteiger partial charge in [-0.3, -0.25) is 9.13 Å². The van der Waals surface area contributed by atoms with Crippen LogP contribution < -0.4 is 11.0 Å². The minimum atomic E-state index is -0.00782. The van der Waals surface area contributed by atoms with Crippen molar-refractivity contribution < 1.29 is 0 Å². The lowest BCUT2D eigenvalue weighted by atomic mass is 9.99. The molecule has 0 spiro atoms. The second-order valence-corrected chi connectivity index (χ2v) is 12.5. The Hall–Kier alpha value is -3.42. The molecule has 220 valence electrons. The molecular formula is C35H43N5OS. The highest BCUT2D eigenvalue weighted by molar-refractivity contribution is 7.80. The molecule has 1 N–H and O–H groups in total. The Kier molecular flexibility index (Phi) is 9.06. The number of benzene rings is 3. The van der Waals surface area contributed by atoms with E-state index in [1.165, 1.54) is 37.1 Å². The van der Waals surface area contributed by atoms with Crippen LogP contribution in [0, 0.1) is 5.92 Å². The lowest BCUT2D eigenvalue weighted by molar-refractivity contribution is 0.188. The van der Waals surface area contributed by atoms with Crippen LogP contribution in [-0.4, -0.2) is 56.8 Å². The fourth-order valence-corrected chi connectivity index (χ4v) is 7.03. The second-order valence-electron chi connectivity index (χ2n) is 12.1. The molecule has 2 saturated heterocycles. The van der Waals surface area contributed by atoms with Crippen molar-refractivity contribution >= 4 is 28.4 Å². The molecule has 0 radical (unpaired) electrons. The van der Waals surface area contributed by atoms with Crippen molar-refractivity contribution in [1.82, 2.24) is 24.3 Å². The van der Waals surface area contributed by atoms with Gasteiger partial charge in [-0.25, -0.2) is 4.79 Å². The summed E-state index contributed by atoms with van der Waals surface area (Å²) in [4.78, 5) is 18.7. The van der Waals surface area contributed by atoms with Crippen molar-refractivity contribution in [3.8, 4) is 0 Å². The monoisotopic (exact) mass is 581 g/mol. The number of hydrogen-bond donors (Lipinski definition) is 1. The van der Waals surface area contributed by atoms with E-state index in [0.29, 0.717) is 0 Å². The van der Waals surface area contributed by atoms with E-state index in [2.05, 4.69) is 99.4 Å². The van der Waals surface area contributed by atoms with E-state index in [1.54, 1.807) is 0 Å². The van der Waals surface area contributed by atoms with Crippen LogP contribution in [0.2, 0.25) is 0 Å². The van der Waals surface area contributed by atoms with Crippen LogP contribution in [-0.2, 0) is 6.54 Å². The number of likely N-dealkylation sites (tertiary alicyclic amines) is 2. The standard InChI is InChI=1S/C35H43N5OS/c1-27-17-23-37(24-18-27)21-10-22-39-31-15-8-9-16-32(31)40(35(39)41)30-19-25-38(26-20-30)34(42)36-33(28-11-4-2-5-12-28)29-13-6-3-7-14-29/h2-9,11-16,27,30,33H,10,17-26H2,1H3,(H,36,42). The van der Waals surface area contributed by atoms with E-state index < -0.39 is 0 Å². The number of aryl methyl sites for hydroxylation is 1. The van der Waals surface area contributed by atoms with Crippen LogP contribution >= 0.6 is 12.2 Å². The SMILES string of the molecule is CC1CCN(CCCn2c(=O)n(C3CCN(C(=S)NC(c4ccccc4)c4ccccc4)CC3)c3ccccc32)CC1. The molecule has 6 nitrogen and oxygen atoms in total. The molecule has 0 aliphatic carbocycles. The minimum absolute atomic E-state index is 0.00782.